The van der Waals surface area contributed by atoms with Gasteiger partial charge in [-0.25, -0.2) is 27.4 Å². The zero-order chi connectivity index (χ0) is 74.7. The summed E-state index contributed by atoms with van der Waals surface area (Å²) in [5.74, 6) is 2.76. The highest BCUT2D eigenvalue weighted by Gasteiger charge is 2.24. The quantitative estimate of drug-likeness (QED) is 0.0337. The third-order valence-corrected chi connectivity index (χ3v) is 19.5. The molecule has 15 aromatic rings. The van der Waals surface area contributed by atoms with E-state index in [0.29, 0.717) is 33.4 Å². The van der Waals surface area contributed by atoms with Crippen LogP contribution in [-0.4, -0.2) is 48.4 Å². The molecule has 0 atom stereocenters. The summed E-state index contributed by atoms with van der Waals surface area (Å²) in [4.78, 5) is 77.5. The molecule has 0 aliphatic carbocycles. The van der Waals surface area contributed by atoms with Gasteiger partial charge < -0.3 is 71.9 Å². The lowest BCUT2D eigenvalue weighted by atomic mass is 10.0. The molecule has 0 unspecified atom stereocenters. The lowest BCUT2D eigenvalue weighted by Crippen LogP contribution is -3.00. The Morgan fingerprint density at radius 2 is 0.351 bits per heavy atom. The van der Waals surface area contributed by atoms with E-state index < -0.39 is 0 Å². The van der Waals surface area contributed by atoms with Gasteiger partial charge in [-0.3, -0.25) is 28.8 Å². The number of Topliss-reactive ketones (excluding diaryl/α,β-unsaturated/α-hetero) is 6. The number of carbonyl (C=O) groups is 6. The molecule has 0 saturated carbocycles. The van der Waals surface area contributed by atoms with Gasteiger partial charge in [-0.2, -0.15) is 0 Å². The van der Waals surface area contributed by atoms with Gasteiger partial charge in [0.25, 0.3) is 17.5 Å². The van der Waals surface area contributed by atoms with E-state index in [1.807, 2.05) is 340 Å². The van der Waals surface area contributed by atoms with Crippen molar-refractivity contribution >= 4 is 34.7 Å². The molecule has 0 aliphatic heterocycles. The molecular weight excluding hydrogens is 1710 g/mol. The smallest absolute Gasteiger partial charge is 0.254 e. The summed E-state index contributed by atoms with van der Waals surface area (Å²) in [7, 11) is 0. The van der Waals surface area contributed by atoms with E-state index in [2.05, 4.69) is 72.8 Å². The van der Waals surface area contributed by atoms with E-state index in [1.54, 1.807) is 0 Å². The van der Waals surface area contributed by atoms with Gasteiger partial charge in [0.05, 0.1) is 0 Å². The fourth-order valence-corrected chi connectivity index (χ4v) is 13.0. The first-order valence-corrected chi connectivity index (χ1v) is 36.0. The van der Waals surface area contributed by atoms with Crippen LogP contribution in [0.25, 0.3) is 66.8 Å². The third-order valence-electron chi connectivity index (χ3n) is 19.5. The predicted octanol–water partition coefficient (Wildman–Crippen LogP) is 9.56. The number of aromatic nitrogens is 6. The predicted molar refractivity (Wildman–Crippen MR) is 425 cm³/mol. The van der Waals surface area contributed by atoms with Crippen LogP contribution < -0.4 is 85.6 Å². The lowest BCUT2D eigenvalue weighted by molar-refractivity contribution is -0.688. The molecule has 3 heterocycles. The number of rotatable bonds is 24. The Morgan fingerprint density at radius 3 is 0.514 bits per heavy atom. The average Bonchev–Trinajstić information content (AvgIpc) is 1.73. The number of benzene rings is 12. The normalized spacial score (nSPS) is 10.5. The summed E-state index contributed by atoms with van der Waals surface area (Å²) in [6, 6.07) is 107. The number of hydrogen-bond donors (Lipinski definition) is 0. The van der Waals surface area contributed by atoms with Crippen LogP contribution in [0.2, 0.25) is 0 Å². The first-order valence-electron chi connectivity index (χ1n) is 36.0. The number of imidazole rings is 3. The van der Waals surface area contributed by atoms with Gasteiger partial charge in [0.15, 0.2) is 39.3 Å². The fourth-order valence-electron chi connectivity index (χ4n) is 13.0. The summed E-state index contributed by atoms with van der Waals surface area (Å²) in [6.45, 7) is 7.14. The Labute approximate surface area is 699 Å². The summed E-state index contributed by atoms with van der Waals surface area (Å²) >= 11 is 0. The topological polar surface area (TPSA) is 129 Å². The zero-order valence-electron chi connectivity index (χ0n) is 61.7. The standard InChI is InChI=1S/3C32H27N2O2.3HI/c3*1-24-33(22-31(35)29-16-12-27(13-17-29)25-8-4-2-5-9-25)20-21-34(24)23-32(36)30-18-14-28(15-19-30)26-10-6-3-7-11-26;;;/h3*2-21H,22-23H2,1H3;3*1H/q3*+1;;;/p-3. The maximum atomic E-state index is 12.9. The molecule has 0 bridgehead atoms. The third kappa shape index (κ3) is 21.3. The van der Waals surface area contributed by atoms with Crippen molar-refractivity contribution in [2.45, 2.75) is 60.0 Å². The molecule has 12 nitrogen and oxygen atoms in total. The maximum Gasteiger partial charge on any atom is 0.254 e. The van der Waals surface area contributed by atoms with Gasteiger partial charge >= 0.3 is 0 Å². The molecule has 0 amide bonds. The minimum Gasteiger partial charge on any atom is -1.00 e. The molecule has 552 valence electrons. The van der Waals surface area contributed by atoms with Crippen LogP contribution in [0, 0.1) is 20.8 Å². The van der Waals surface area contributed by atoms with Crippen LogP contribution in [-0.2, 0) is 39.3 Å². The van der Waals surface area contributed by atoms with Crippen LogP contribution in [0.4, 0.5) is 0 Å². The molecule has 0 saturated heterocycles. The number of nitrogens with zero attached hydrogens (tertiary/aromatic N) is 6. The van der Waals surface area contributed by atoms with Gasteiger partial charge in [-0.05, 0) is 66.8 Å². The lowest BCUT2D eigenvalue weighted by Gasteiger charge is -2.05. The van der Waals surface area contributed by atoms with Crippen molar-refractivity contribution in [1.29, 1.82) is 0 Å². The molecule has 0 spiro atoms. The molecule has 15 heteroatoms. The second-order valence-electron chi connectivity index (χ2n) is 26.5. The maximum absolute atomic E-state index is 12.9. The minimum atomic E-state index is 0. The first kappa shape index (κ1) is 82.0. The van der Waals surface area contributed by atoms with Crippen LogP contribution in [0.15, 0.2) is 365 Å². The molecule has 0 N–H and O–H groups in total. The van der Waals surface area contributed by atoms with Gasteiger partial charge in [-0.15, -0.1) is 0 Å². The van der Waals surface area contributed by atoms with Crippen LogP contribution in [0.5, 0.6) is 0 Å². The van der Waals surface area contributed by atoms with E-state index in [0.717, 1.165) is 84.2 Å². The number of ketones is 6. The number of carbonyl (C=O) groups excluding carboxylic acids is 6. The van der Waals surface area contributed by atoms with E-state index >= 15 is 0 Å². The molecular formula is C96H81I3N6O6. The highest BCUT2D eigenvalue weighted by atomic mass is 127. The highest BCUT2D eigenvalue weighted by molar-refractivity contribution is 5.99. The largest absolute Gasteiger partial charge is 1.00 e. The first-order chi connectivity index (χ1) is 52.7. The van der Waals surface area contributed by atoms with Crippen molar-refractivity contribution in [1.82, 2.24) is 13.7 Å². The van der Waals surface area contributed by atoms with Crippen molar-refractivity contribution in [3.05, 3.63) is 416 Å². The van der Waals surface area contributed by atoms with E-state index in [1.165, 1.54) is 0 Å². The van der Waals surface area contributed by atoms with Crippen LogP contribution in [0.3, 0.4) is 0 Å². The van der Waals surface area contributed by atoms with Crippen molar-refractivity contribution in [3.8, 4) is 66.8 Å². The molecule has 3 aromatic heterocycles. The van der Waals surface area contributed by atoms with Gasteiger partial charge in [-0.1, -0.05) is 328 Å². The summed E-state index contributed by atoms with van der Waals surface area (Å²) in [5, 5.41) is 0. The van der Waals surface area contributed by atoms with Crippen molar-refractivity contribution < 1.29 is 114 Å². The Morgan fingerprint density at radius 1 is 0.207 bits per heavy atom. The molecule has 111 heavy (non-hydrogen) atoms. The van der Waals surface area contributed by atoms with Crippen molar-refractivity contribution in [2.24, 2.45) is 0 Å². The monoisotopic (exact) mass is 1790 g/mol. The Hall–Kier alpha value is -11.5. The minimum absolute atomic E-state index is 0. The highest BCUT2D eigenvalue weighted by Crippen LogP contribution is 2.26. The average molecular weight is 1800 g/mol. The van der Waals surface area contributed by atoms with Gasteiger partial charge in [0, 0.05) is 54.2 Å². The Kier molecular flexibility index (Phi) is 29.3. The number of halogens is 3. The van der Waals surface area contributed by atoms with Gasteiger partial charge in [0.2, 0.25) is 34.7 Å². The van der Waals surface area contributed by atoms with Crippen molar-refractivity contribution in [3.63, 3.8) is 0 Å². The second kappa shape index (κ2) is 39.7. The summed E-state index contributed by atoms with van der Waals surface area (Å²) in [5.41, 5.74) is 17.2. The summed E-state index contributed by atoms with van der Waals surface area (Å²) < 4.78 is 11.3. The zero-order valence-corrected chi connectivity index (χ0v) is 68.1. The van der Waals surface area contributed by atoms with Crippen molar-refractivity contribution in [2.75, 3.05) is 0 Å². The molecule has 12 aromatic carbocycles. The molecule has 0 radical (unpaired) electrons. The summed E-state index contributed by atoms with van der Waals surface area (Å²) in [6.07, 6.45) is 11.2. The van der Waals surface area contributed by atoms with Crippen LogP contribution in [0.1, 0.15) is 79.6 Å². The fraction of sp³-hybridized carbons (Fsp3) is 0.0938. The molecule has 0 aliphatic rings. The van der Waals surface area contributed by atoms with E-state index in [9.17, 15) is 28.8 Å². The number of hydrogen-bond acceptors (Lipinski definition) is 6. The van der Waals surface area contributed by atoms with Crippen LogP contribution >= 0.6 is 0 Å². The SMILES string of the molecule is Cc1n(CC(=O)c2ccc(-c3ccccc3)cc2)cc[n+]1CC(=O)c1ccc(-c2ccccc2)cc1.Cc1n(CC(=O)c2ccc(-c3ccccc3)cc2)cc[n+]1CC(=O)c1ccc(-c2ccccc2)cc1.Cc1n(CC(=O)c2ccc(-c3ccccc3)cc2)cc[n+]1CC(=O)c1ccc(-c2ccccc2)cc1.[I-].[I-].[I-]. The molecule has 0 fully saturated rings. The Bertz CT molecular complexity index is 4690. The van der Waals surface area contributed by atoms with E-state index in [4.69, 9.17) is 0 Å². The van der Waals surface area contributed by atoms with E-state index in [-0.39, 0.29) is 146 Å². The second-order valence-corrected chi connectivity index (χ2v) is 26.5. The molecule has 15 rings (SSSR count). The Balaban J connectivity index is 0.000000175. The van der Waals surface area contributed by atoms with Gasteiger partial charge in [0.1, 0.15) is 37.2 Å².